The molecule has 0 aliphatic carbocycles. The average molecular weight is 1570 g/mol. The van der Waals surface area contributed by atoms with Crippen LogP contribution in [0.1, 0.15) is 88.9 Å². The quantitative estimate of drug-likeness (QED) is 0.00609. The number of benzene rings is 1. The number of ether oxygens (including phenoxy) is 11. The zero-order valence-corrected chi connectivity index (χ0v) is 67.1. The minimum Gasteiger partial charge on any atom is -0.748 e. The molecule has 11 N–H and O–H groups in total. The fourth-order valence-electron chi connectivity index (χ4n) is 8.92. The van der Waals surface area contributed by atoms with Crippen LogP contribution in [-0.4, -0.2) is 276 Å². The van der Waals surface area contributed by atoms with Gasteiger partial charge >= 0.3 is 131 Å². The summed E-state index contributed by atoms with van der Waals surface area (Å²) < 4.78 is 167. The van der Waals surface area contributed by atoms with Gasteiger partial charge in [0.25, 0.3) is 5.69 Å². The molecular formula is C55H93FN7Na3O33S3. The smallest absolute Gasteiger partial charge is 0.748 e. The van der Waals surface area contributed by atoms with Crippen LogP contribution in [0.4, 0.5) is 24.5 Å². The van der Waals surface area contributed by atoms with Crippen LogP contribution in [-0.2, 0) is 96.9 Å². The predicted molar refractivity (Wildman–Crippen MR) is 334 cm³/mol. The van der Waals surface area contributed by atoms with E-state index >= 15 is 0 Å². The van der Waals surface area contributed by atoms with Gasteiger partial charge in [-0.05, 0) is 50.8 Å². The molecule has 3 heterocycles. The number of esters is 4. The number of carbonyl (C=O) groups is 7. The molecule has 5 amide bonds. The molecule has 4 rings (SSSR count). The van der Waals surface area contributed by atoms with Gasteiger partial charge in [0.1, 0.15) is 42.4 Å². The molecule has 3 fully saturated rings. The van der Waals surface area contributed by atoms with Crippen LogP contribution >= 0.6 is 0 Å². The summed E-state index contributed by atoms with van der Waals surface area (Å²) in [5, 5.41) is 60.7. The topological polar surface area (TPSA) is 603 Å². The van der Waals surface area contributed by atoms with Crippen molar-refractivity contribution in [2.75, 3.05) is 90.1 Å². The number of rotatable bonds is 32. The first-order chi connectivity index (χ1) is 46.7. The number of urea groups is 2. The largest absolute Gasteiger partial charge is 1.00 e. The van der Waals surface area contributed by atoms with Crippen LogP contribution in [0.15, 0.2) is 24.3 Å². The number of hydrogen-bond acceptors (Lipinski definition) is 34. The predicted octanol–water partition coefficient (Wildman–Crippen LogP) is -11.3. The second-order valence-corrected chi connectivity index (χ2v) is 25.9. The number of nitro benzene ring substituents is 1. The van der Waals surface area contributed by atoms with Crippen LogP contribution in [0.3, 0.4) is 0 Å². The van der Waals surface area contributed by atoms with Crippen LogP contribution < -0.4 is 126 Å². The molecule has 0 bridgehead atoms. The van der Waals surface area contributed by atoms with E-state index in [9.17, 15) is 102 Å². The summed E-state index contributed by atoms with van der Waals surface area (Å²) in [6, 6.07) is 3.86. The van der Waals surface area contributed by atoms with Crippen LogP contribution in [0.25, 0.3) is 0 Å². The van der Waals surface area contributed by atoms with Crippen molar-refractivity contribution in [1.29, 1.82) is 0 Å². The van der Waals surface area contributed by atoms with Gasteiger partial charge in [0, 0.05) is 102 Å². The number of nitrogens with one attached hydrogen (secondary N) is 5. The summed E-state index contributed by atoms with van der Waals surface area (Å²) in [4.78, 5) is 91.4. The Morgan fingerprint density at radius 1 is 0.559 bits per heavy atom. The summed E-state index contributed by atoms with van der Waals surface area (Å²) in [7, 11) is -13.6. The molecule has 3 aliphatic heterocycles. The van der Waals surface area contributed by atoms with E-state index in [1.165, 1.54) is 52.0 Å². The number of alkyl halides is 1. The van der Waals surface area contributed by atoms with Gasteiger partial charge in [-0.3, -0.25) is 33.7 Å². The Bertz CT molecular complexity index is 2990. The summed E-state index contributed by atoms with van der Waals surface area (Å²) in [5.74, 6) is -4.03. The summed E-state index contributed by atoms with van der Waals surface area (Å²) in [6.07, 6.45) is -12.3. The number of carbonyl (C=O) groups excluding carboxylic acids is 7. The van der Waals surface area contributed by atoms with E-state index in [0.717, 1.165) is 0 Å². The molecule has 102 heavy (non-hydrogen) atoms. The van der Waals surface area contributed by atoms with Crippen molar-refractivity contribution in [3.05, 3.63) is 34.4 Å². The zero-order valence-electron chi connectivity index (χ0n) is 59.7. The van der Waals surface area contributed by atoms with Gasteiger partial charge in [0.05, 0.1) is 82.4 Å². The van der Waals surface area contributed by atoms with E-state index in [4.69, 9.17) is 64.3 Å². The van der Waals surface area contributed by atoms with Gasteiger partial charge in [0.2, 0.25) is 0 Å². The monoisotopic (exact) mass is 1560 g/mol. The Morgan fingerprint density at radius 2 is 0.892 bits per heavy atom. The minimum absolute atomic E-state index is 0. The Morgan fingerprint density at radius 3 is 1.22 bits per heavy atom. The number of nitrogens with two attached hydrogens (primary N) is 1. The SMILES string of the molecule is CC[C@H]1O[C@@H](OCCNC(=O)NCCCS(=O)(=O)[O-])[C@H](OC(C)=O)[C@@H](OC(C)=O)[C@@H]1C.CC[C@H]1O[C@@H](OCCNC(=O)Oc2ccc([N+](=O)[O-])cc2)[C@H](OC(C)=O)[C@@H](OC(C)=O)[C@@H]1C.NCCCS(=O)(=O)[O-].O=C(NCCCS(=O)(=O)[O-])NCCO[C@@H]1O[C@H](CO)[C@@H](O)[C@H](O)[C@H]1O.[2H]CF.[Na+].[Na+].[Na+]. The van der Waals surface area contributed by atoms with Crippen molar-refractivity contribution in [2.45, 2.75) is 167 Å². The molecule has 0 unspecified atom stereocenters. The molecular weight excluding hydrogens is 1470 g/mol. The van der Waals surface area contributed by atoms with Crippen LogP contribution in [0.2, 0.25) is 0 Å². The standard InChI is InChI=1S/C21H28N2O10.C18H32N2O10S.C12H24N2O10S.C3H9NO3S.CH3F.3Na/c1-5-17-12(2)18(30-13(3)24)19(31-14(4)25)20(33-17)29-11-10-22-21(26)32-16-8-6-15(7-9-16)23(27)28;1-5-14-11(2)15(28-12(3)21)16(29-13(4)22)17(30-14)27-9-8-20-18(23)19-7-6-10-31(24,25)26;15-6-7-8(16)9(17)10(18)11(24-7)23-4-3-14-12(19)13-2-1-5-25(20,21)22;4-2-1-3-8(5,6)7;1-2;;;/h6-9,12,17-20H,5,10-11H2,1-4H3,(H,22,26);11,14-17H,5-10H2,1-4H3,(H2,19,20,23)(H,24,25,26);7-11,15-18H,1-6H2,(H2,13,14,19)(H,20,21,22);1-4H2,(H,5,6,7);1H3;;;/q;;;;;3*+1/p-3/t12-,17-,18+,19-,20-;11-,14-,15+,16-,17-;7-,8-,9+,10-,11-;;;;;/m111...../s1/i;;;;1D;;;. The molecule has 574 valence electrons. The second-order valence-electron chi connectivity index (χ2n) is 21.3. The first-order valence-electron chi connectivity index (χ1n) is 31.1. The molecule has 3 saturated heterocycles. The molecule has 15 atom stereocenters. The van der Waals surface area contributed by atoms with Gasteiger partial charge in [-0.25, -0.2) is 39.6 Å². The second kappa shape index (κ2) is 55.9. The van der Waals surface area contributed by atoms with Crippen molar-refractivity contribution in [2.24, 2.45) is 17.6 Å². The van der Waals surface area contributed by atoms with E-state index in [1.807, 2.05) is 27.7 Å². The van der Waals surface area contributed by atoms with Crippen molar-refractivity contribution >= 4 is 78.1 Å². The molecule has 3 aliphatic rings. The molecule has 0 spiro atoms. The number of nitro groups is 1. The van der Waals surface area contributed by atoms with Crippen molar-refractivity contribution in [1.82, 2.24) is 26.6 Å². The number of non-ortho nitro benzene ring substituents is 1. The maximum atomic E-state index is 11.9. The maximum Gasteiger partial charge on any atom is 1.00 e. The Labute approximate surface area is 658 Å². The number of aliphatic hydroxyl groups excluding tert-OH is 4. The normalized spacial score (nSPS) is 24.3. The van der Waals surface area contributed by atoms with E-state index in [2.05, 4.69) is 26.6 Å². The Kier molecular flexibility index (Phi) is 56.3. The number of amides is 5. The van der Waals surface area contributed by atoms with Crippen LogP contribution in [0.5, 0.6) is 5.75 Å². The number of nitrogens with zero attached hydrogens (tertiary/aromatic N) is 1. The zero-order chi connectivity index (χ0) is 76.5. The third-order valence-corrected chi connectivity index (χ3v) is 15.8. The van der Waals surface area contributed by atoms with Gasteiger partial charge in [-0.15, -0.1) is 0 Å². The Balaban J connectivity index is -0.000000659. The number of halogens is 1. The van der Waals surface area contributed by atoms with Gasteiger partial charge in [-0.1, -0.05) is 27.7 Å². The average Bonchev–Trinajstić information content (AvgIpc) is 0.811. The van der Waals surface area contributed by atoms with E-state index in [1.54, 1.807) is 0 Å². The fourth-order valence-corrected chi connectivity index (χ4v) is 10.4. The third-order valence-electron chi connectivity index (χ3n) is 13.4. The summed E-state index contributed by atoms with van der Waals surface area (Å²) in [6.45, 7) is 12.1. The van der Waals surface area contributed by atoms with Gasteiger partial charge in [0.15, 0.2) is 31.1 Å². The maximum absolute atomic E-state index is 11.9. The molecule has 0 saturated carbocycles. The molecule has 47 heteroatoms. The van der Waals surface area contributed by atoms with Gasteiger partial charge < -0.3 is 119 Å². The molecule has 0 radical (unpaired) electrons. The first kappa shape index (κ1) is 103. The summed E-state index contributed by atoms with van der Waals surface area (Å²) >= 11 is 0. The minimum atomic E-state index is -4.32. The van der Waals surface area contributed by atoms with E-state index < -0.39 is 170 Å². The van der Waals surface area contributed by atoms with Crippen molar-refractivity contribution < 1.29 is 244 Å². The van der Waals surface area contributed by atoms with Gasteiger partial charge in [-0.2, -0.15) is 0 Å². The van der Waals surface area contributed by atoms with Crippen molar-refractivity contribution in [3.63, 3.8) is 0 Å². The molecule has 1 aromatic rings. The molecule has 1 aromatic carbocycles. The molecule has 40 nitrogen and oxygen atoms in total. The Hall–Kier alpha value is -3.47. The van der Waals surface area contributed by atoms with Crippen molar-refractivity contribution in [3.8, 4) is 5.75 Å². The number of aliphatic hydroxyl groups is 4. The third kappa shape index (κ3) is 45.9. The van der Waals surface area contributed by atoms with E-state index in [0.29, 0.717) is 12.8 Å². The summed E-state index contributed by atoms with van der Waals surface area (Å²) in [5.41, 5.74) is 4.81. The van der Waals surface area contributed by atoms with Crippen LogP contribution in [0, 0.1) is 22.0 Å². The first-order valence-corrected chi connectivity index (χ1v) is 35.2. The van der Waals surface area contributed by atoms with E-state index in [-0.39, 0.29) is 208 Å². The molecule has 0 aromatic heterocycles. The number of hydrogen-bond donors (Lipinski definition) is 10. The fraction of sp³-hybridized carbons (Fsp3) is 0.764.